The van der Waals surface area contributed by atoms with Crippen LogP contribution in [-0.4, -0.2) is 18.8 Å². The molecule has 0 atom stereocenters. The molecule has 1 aliphatic rings. The summed E-state index contributed by atoms with van der Waals surface area (Å²) in [4.78, 5) is 11.0. The summed E-state index contributed by atoms with van der Waals surface area (Å²) in [6.07, 6.45) is 0.831. The average molecular weight is 358 g/mol. The van der Waals surface area contributed by atoms with Gasteiger partial charge in [-0.15, -0.1) is 0 Å². The first-order chi connectivity index (χ1) is 13.2. The van der Waals surface area contributed by atoms with E-state index in [1.165, 1.54) is 0 Å². The van der Waals surface area contributed by atoms with E-state index in [2.05, 4.69) is 0 Å². The minimum absolute atomic E-state index is 0.244. The summed E-state index contributed by atoms with van der Waals surface area (Å²) in [5.41, 5.74) is 4.20. The summed E-state index contributed by atoms with van der Waals surface area (Å²) in [5, 5.41) is 6.69. The van der Waals surface area contributed by atoms with Crippen LogP contribution in [0.1, 0.15) is 22.8 Å². The standard InChI is InChI=1S/C22H18N2O3/c1-16(18-9-12-21-22(13-18)27-15-26-21)23-24(19-5-3-2-4-6-19)20-10-7-17(14-25)8-11-20/h2-14H,15H2,1H3/b23-16+. The van der Waals surface area contributed by atoms with Gasteiger partial charge < -0.3 is 9.47 Å². The Morgan fingerprint density at radius 3 is 2.37 bits per heavy atom. The SMILES string of the molecule is C/C(=N\N(c1ccccc1)c1ccc(C=O)cc1)c1ccc2c(c1)OCO2. The van der Waals surface area contributed by atoms with Gasteiger partial charge in [0.05, 0.1) is 17.1 Å². The highest BCUT2D eigenvalue weighted by molar-refractivity contribution is 6.00. The van der Waals surface area contributed by atoms with Gasteiger partial charge >= 0.3 is 0 Å². The molecule has 134 valence electrons. The van der Waals surface area contributed by atoms with Gasteiger partial charge in [-0.3, -0.25) is 4.79 Å². The number of rotatable bonds is 5. The molecule has 5 heteroatoms. The molecule has 0 radical (unpaired) electrons. The van der Waals surface area contributed by atoms with E-state index in [0.29, 0.717) is 5.56 Å². The van der Waals surface area contributed by atoms with Gasteiger partial charge in [0.25, 0.3) is 0 Å². The van der Waals surface area contributed by atoms with E-state index in [0.717, 1.165) is 40.4 Å². The van der Waals surface area contributed by atoms with Gasteiger partial charge in [0.15, 0.2) is 11.5 Å². The number of fused-ring (bicyclic) bond motifs is 1. The Kier molecular flexibility index (Phi) is 4.58. The Morgan fingerprint density at radius 1 is 0.926 bits per heavy atom. The lowest BCUT2D eigenvalue weighted by atomic mass is 10.1. The molecule has 0 spiro atoms. The van der Waals surface area contributed by atoms with Crippen LogP contribution in [0.15, 0.2) is 77.9 Å². The van der Waals surface area contributed by atoms with Crippen molar-refractivity contribution < 1.29 is 14.3 Å². The van der Waals surface area contributed by atoms with E-state index in [1.54, 1.807) is 12.1 Å². The maximum Gasteiger partial charge on any atom is 0.231 e. The third-order valence-electron chi connectivity index (χ3n) is 4.31. The zero-order valence-corrected chi connectivity index (χ0v) is 14.8. The van der Waals surface area contributed by atoms with Crippen LogP contribution in [0.5, 0.6) is 11.5 Å². The van der Waals surface area contributed by atoms with Gasteiger partial charge in [-0.1, -0.05) is 18.2 Å². The number of carbonyl (C=O) groups excluding carboxylic acids is 1. The highest BCUT2D eigenvalue weighted by Crippen LogP contribution is 2.33. The van der Waals surface area contributed by atoms with Crippen LogP contribution in [-0.2, 0) is 0 Å². The quantitative estimate of drug-likeness (QED) is 0.374. The second-order valence-corrected chi connectivity index (χ2v) is 6.11. The Balaban J connectivity index is 1.73. The van der Waals surface area contributed by atoms with Crippen molar-refractivity contribution in [3.8, 4) is 11.5 Å². The molecule has 0 saturated carbocycles. The smallest absolute Gasteiger partial charge is 0.231 e. The Hall–Kier alpha value is -3.60. The van der Waals surface area contributed by atoms with E-state index in [-0.39, 0.29) is 6.79 Å². The lowest BCUT2D eigenvalue weighted by Gasteiger charge is -2.21. The third kappa shape index (κ3) is 3.53. The van der Waals surface area contributed by atoms with Crippen LogP contribution in [0, 0.1) is 0 Å². The number of carbonyl (C=O) groups is 1. The highest BCUT2D eigenvalue weighted by atomic mass is 16.7. The van der Waals surface area contributed by atoms with Gasteiger partial charge in [0, 0.05) is 11.1 Å². The molecule has 0 unspecified atom stereocenters. The molecule has 0 aromatic heterocycles. The second-order valence-electron chi connectivity index (χ2n) is 6.11. The normalized spacial score (nSPS) is 12.7. The molecule has 0 saturated heterocycles. The van der Waals surface area contributed by atoms with Crippen LogP contribution >= 0.6 is 0 Å². The zero-order valence-electron chi connectivity index (χ0n) is 14.8. The van der Waals surface area contributed by atoms with Crippen molar-refractivity contribution in [2.24, 2.45) is 5.10 Å². The number of ether oxygens (including phenoxy) is 2. The van der Waals surface area contributed by atoms with E-state index in [9.17, 15) is 4.79 Å². The summed E-state index contributed by atoms with van der Waals surface area (Å²) in [6.45, 7) is 2.20. The van der Waals surface area contributed by atoms with Crippen molar-refractivity contribution in [3.63, 3.8) is 0 Å². The van der Waals surface area contributed by atoms with Gasteiger partial charge in [-0.2, -0.15) is 5.10 Å². The number of hydrogen-bond acceptors (Lipinski definition) is 5. The minimum atomic E-state index is 0.244. The van der Waals surface area contributed by atoms with Crippen LogP contribution in [0.2, 0.25) is 0 Å². The first-order valence-electron chi connectivity index (χ1n) is 8.60. The molecule has 5 nitrogen and oxygen atoms in total. The minimum Gasteiger partial charge on any atom is -0.454 e. The van der Waals surface area contributed by atoms with Crippen molar-refractivity contribution in [2.45, 2.75) is 6.92 Å². The van der Waals surface area contributed by atoms with Crippen LogP contribution in [0.25, 0.3) is 0 Å². The van der Waals surface area contributed by atoms with Gasteiger partial charge in [0.1, 0.15) is 6.29 Å². The summed E-state index contributed by atoms with van der Waals surface area (Å²) >= 11 is 0. The summed E-state index contributed by atoms with van der Waals surface area (Å²) in [7, 11) is 0. The summed E-state index contributed by atoms with van der Waals surface area (Å²) in [6, 6.07) is 23.0. The van der Waals surface area contributed by atoms with Crippen LogP contribution in [0.4, 0.5) is 11.4 Å². The first-order valence-corrected chi connectivity index (χ1v) is 8.60. The van der Waals surface area contributed by atoms with E-state index < -0.39 is 0 Å². The van der Waals surface area contributed by atoms with Crippen LogP contribution in [0.3, 0.4) is 0 Å². The lowest BCUT2D eigenvalue weighted by Crippen LogP contribution is -2.12. The first kappa shape index (κ1) is 16.8. The van der Waals surface area contributed by atoms with Crippen LogP contribution < -0.4 is 14.5 Å². The highest BCUT2D eigenvalue weighted by Gasteiger charge is 2.15. The van der Waals surface area contributed by atoms with E-state index >= 15 is 0 Å². The fourth-order valence-corrected chi connectivity index (χ4v) is 2.86. The van der Waals surface area contributed by atoms with Crippen molar-refractivity contribution in [2.75, 3.05) is 11.8 Å². The molecular formula is C22H18N2O3. The largest absolute Gasteiger partial charge is 0.454 e. The second kappa shape index (κ2) is 7.33. The molecule has 3 aromatic rings. The third-order valence-corrected chi connectivity index (χ3v) is 4.31. The Morgan fingerprint density at radius 2 is 1.63 bits per heavy atom. The maximum atomic E-state index is 11.0. The number of anilines is 2. The van der Waals surface area contributed by atoms with Crippen molar-refractivity contribution in [1.82, 2.24) is 0 Å². The number of hydrazone groups is 1. The van der Waals surface area contributed by atoms with Crippen molar-refractivity contribution in [3.05, 3.63) is 83.9 Å². The summed E-state index contributed by atoms with van der Waals surface area (Å²) < 4.78 is 10.8. The Labute approximate surface area is 157 Å². The molecular weight excluding hydrogens is 340 g/mol. The van der Waals surface area contributed by atoms with Gasteiger partial charge in [0.2, 0.25) is 6.79 Å². The fourth-order valence-electron chi connectivity index (χ4n) is 2.86. The molecule has 27 heavy (non-hydrogen) atoms. The van der Waals surface area contributed by atoms with Gasteiger partial charge in [-0.25, -0.2) is 5.01 Å². The number of para-hydroxylation sites is 1. The van der Waals surface area contributed by atoms with Crippen molar-refractivity contribution in [1.29, 1.82) is 0 Å². The van der Waals surface area contributed by atoms with E-state index in [1.807, 2.05) is 72.6 Å². The lowest BCUT2D eigenvalue weighted by molar-refractivity contribution is 0.112. The number of hydrogen-bond donors (Lipinski definition) is 0. The van der Waals surface area contributed by atoms with E-state index in [4.69, 9.17) is 14.6 Å². The fraction of sp³-hybridized carbons (Fsp3) is 0.0909. The molecule has 4 rings (SSSR count). The molecule has 0 bridgehead atoms. The molecule has 1 heterocycles. The maximum absolute atomic E-state index is 11.0. The van der Waals surface area contributed by atoms with Crippen molar-refractivity contribution >= 4 is 23.4 Å². The molecule has 0 N–H and O–H groups in total. The molecule has 3 aromatic carbocycles. The number of nitrogens with zero attached hydrogens (tertiary/aromatic N) is 2. The molecule has 0 aliphatic carbocycles. The van der Waals surface area contributed by atoms with Gasteiger partial charge in [-0.05, 0) is 61.5 Å². The molecule has 0 amide bonds. The molecule has 0 fully saturated rings. The number of aldehydes is 1. The monoisotopic (exact) mass is 358 g/mol. The average Bonchev–Trinajstić information content (AvgIpc) is 3.20. The number of benzene rings is 3. The molecule has 1 aliphatic heterocycles. The predicted octanol–water partition coefficient (Wildman–Crippen LogP) is 4.79. The predicted molar refractivity (Wildman–Crippen MR) is 105 cm³/mol. The Bertz CT molecular complexity index is 982. The zero-order chi connectivity index (χ0) is 18.6. The summed E-state index contributed by atoms with van der Waals surface area (Å²) in [5.74, 6) is 1.47. The topological polar surface area (TPSA) is 51.1 Å².